The summed E-state index contributed by atoms with van der Waals surface area (Å²) in [4.78, 5) is -0.658. The molecule has 0 saturated heterocycles. The molecule has 0 saturated carbocycles. The van der Waals surface area contributed by atoms with Crippen molar-refractivity contribution in [2.24, 2.45) is 5.73 Å². The van der Waals surface area contributed by atoms with Crippen molar-refractivity contribution < 1.29 is 17.2 Å². The van der Waals surface area contributed by atoms with Crippen LogP contribution in [0.2, 0.25) is 0 Å². The highest BCUT2D eigenvalue weighted by atomic mass is 32.2. The Kier molecular flexibility index (Phi) is 4.78. The molecule has 0 aromatic heterocycles. The van der Waals surface area contributed by atoms with Crippen LogP contribution in [-0.4, -0.2) is 32.4 Å². The molecule has 0 aliphatic heterocycles. The molecule has 4 nitrogen and oxygen atoms in total. The van der Waals surface area contributed by atoms with E-state index in [2.05, 4.69) is 0 Å². The van der Waals surface area contributed by atoms with Crippen molar-refractivity contribution in [3.05, 3.63) is 29.8 Å². The Balaban J connectivity index is 3.17. The smallest absolute Gasteiger partial charge is 0.246 e. The van der Waals surface area contributed by atoms with E-state index in [4.69, 9.17) is 5.73 Å². The molecule has 0 heterocycles. The van der Waals surface area contributed by atoms with E-state index < -0.39 is 26.6 Å². The first-order valence-electron chi connectivity index (χ1n) is 5.44. The van der Waals surface area contributed by atoms with E-state index in [9.17, 15) is 17.2 Å². The lowest BCUT2D eigenvalue weighted by molar-refractivity contribution is 0.372. The van der Waals surface area contributed by atoms with Crippen LogP contribution >= 0.6 is 0 Å². The van der Waals surface area contributed by atoms with Gasteiger partial charge in [0.05, 0.1) is 0 Å². The van der Waals surface area contributed by atoms with Gasteiger partial charge in [-0.1, -0.05) is 0 Å². The summed E-state index contributed by atoms with van der Waals surface area (Å²) in [6.45, 7) is 1.97. The van der Waals surface area contributed by atoms with Crippen molar-refractivity contribution in [3.8, 4) is 0 Å². The number of nitrogens with zero attached hydrogens (tertiary/aromatic N) is 1. The van der Waals surface area contributed by atoms with Crippen molar-refractivity contribution in [1.29, 1.82) is 0 Å². The molecular formula is C11H16F2N2O2S. The number of hydrogen-bond donors (Lipinski definition) is 1. The molecule has 1 unspecified atom stereocenters. The lowest BCUT2D eigenvalue weighted by Gasteiger charge is -2.24. The number of halogens is 2. The van der Waals surface area contributed by atoms with Crippen LogP contribution in [0.15, 0.2) is 23.1 Å². The Bertz CT molecular complexity index is 520. The fourth-order valence-corrected chi connectivity index (χ4v) is 2.96. The number of sulfonamides is 1. The first-order valence-corrected chi connectivity index (χ1v) is 6.88. The Morgan fingerprint density at radius 3 is 2.56 bits per heavy atom. The van der Waals surface area contributed by atoms with Gasteiger partial charge in [0.25, 0.3) is 0 Å². The Morgan fingerprint density at radius 2 is 2.00 bits per heavy atom. The van der Waals surface area contributed by atoms with Crippen LogP contribution in [0.3, 0.4) is 0 Å². The minimum absolute atomic E-state index is 0.312. The third kappa shape index (κ3) is 3.04. The van der Waals surface area contributed by atoms with E-state index in [0.717, 1.165) is 16.4 Å². The molecular weight excluding hydrogens is 262 g/mol. The van der Waals surface area contributed by atoms with Crippen molar-refractivity contribution in [2.45, 2.75) is 24.3 Å². The van der Waals surface area contributed by atoms with E-state index >= 15 is 0 Å². The summed E-state index contributed by atoms with van der Waals surface area (Å²) in [5.41, 5.74) is 5.35. The molecule has 1 aromatic carbocycles. The highest BCUT2D eigenvalue weighted by Crippen LogP contribution is 2.21. The van der Waals surface area contributed by atoms with Gasteiger partial charge in [-0.05, 0) is 38.1 Å². The molecule has 1 atom stereocenters. The zero-order valence-corrected chi connectivity index (χ0v) is 11.0. The third-order valence-corrected chi connectivity index (χ3v) is 4.74. The first kappa shape index (κ1) is 15.0. The molecule has 7 heteroatoms. The molecule has 0 fully saturated rings. The molecule has 0 radical (unpaired) electrons. The average molecular weight is 278 g/mol. The first-order chi connectivity index (χ1) is 8.30. The summed E-state index contributed by atoms with van der Waals surface area (Å²) in [5, 5.41) is 0. The van der Waals surface area contributed by atoms with Gasteiger partial charge in [0.15, 0.2) is 0 Å². The SMILES string of the molecule is CC(CCN)N(C)S(=O)(=O)c1cc(F)ccc1F. The normalized spacial score (nSPS) is 13.9. The number of rotatable bonds is 5. The van der Waals surface area contributed by atoms with Crippen molar-refractivity contribution in [2.75, 3.05) is 13.6 Å². The summed E-state index contributed by atoms with van der Waals surface area (Å²) in [6.07, 6.45) is 0.437. The molecule has 18 heavy (non-hydrogen) atoms. The number of nitrogens with two attached hydrogens (primary N) is 1. The van der Waals surface area contributed by atoms with Gasteiger partial charge < -0.3 is 5.73 Å². The summed E-state index contributed by atoms with van der Waals surface area (Å²) in [6, 6.07) is 1.96. The van der Waals surface area contributed by atoms with Gasteiger partial charge in [-0.15, -0.1) is 0 Å². The maximum atomic E-state index is 13.5. The largest absolute Gasteiger partial charge is 0.330 e. The summed E-state index contributed by atoms with van der Waals surface area (Å²) in [5.74, 6) is -1.77. The lowest BCUT2D eigenvalue weighted by Crippen LogP contribution is -2.36. The Labute approximate surface area is 105 Å². The summed E-state index contributed by atoms with van der Waals surface area (Å²) >= 11 is 0. The zero-order valence-electron chi connectivity index (χ0n) is 10.2. The van der Waals surface area contributed by atoms with Gasteiger partial charge in [0.2, 0.25) is 10.0 Å². The van der Waals surface area contributed by atoms with Crippen LogP contribution in [-0.2, 0) is 10.0 Å². The van der Waals surface area contributed by atoms with E-state index in [1.807, 2.05) is 0 Å². The number of hydrogen-bond acceptors (Lipinski definition) is 3. The van der Waals surface area contributed by atoms with E-state index in [0.29, 0.717) is 19.0 Å². The zero-order chi connectivity index (χ0) is 13.9. The van der Waals surface area contributed by atoms with Gasteiger partial charge in [-0.2, -0.15) is 4.31 Å². The van der Waals surface area contributed by atoms with E-state index in [1.54, 1.807) is 6.92 Å². The van der Waals surface area contributed by atoms with Gasteiger partial charge >= 0.3 is 0 Å². The molecule has 0 aliphatic rings. The molecule has 0 aliphatic carbocycles. The summed E-state index contributed by atoms with van der Waals surface area (Å²) in [7, 11) is -2.73. The second kappa shape index (κ2) is 5.73. The highest BCUT2D eigenvalue weighted by molar-refractivity contribution is 7.89. The second-order valence-corrected chi connectivity index (χ2v) is 5.99. The van der Waals surface area contributed by atoms with Gasteiger partial charge in [0.1, 0.15) is 16.5 Å². The molecule has 0 bridgehead atoms. The predicted octanol–water partition coefficient (Wildman–Crippen LogP) is 1.32. The van der Waals surface area contributed by atoms with Crippen LogP contribution < -0.4 is 5.73 Å². The predicted molar refractivity (Wildman–Crippen MR) is 64.4 cm³/mol. The molecule has 1 rings (SSSR count). The fourth-order valence-electron chi connectivity index (χ4n) is 1.49. The standard InChI is InChI=1S/C11H16F2N2O2S/c1-8(5-6-14)15(2)18(16,17)11-7-9(12)3-4-10(11)13/h3-4,7-8H,5-6,14H2,1-2H3. The number of benzene rings is 1. The molecule has 0 amide bonds. The van der Waals surface area contributed by atoms with Crippen LogP contribution in [0.5, 0.6) is 0 Å². The molecule has 2 N–H and O–H groups in total. The van der Waals surface area contributed by atoms with E-state index in [-0.39, 0.29) is 6.04 Å². The van der Waals surface area contributed by atoms with Crippen LogP contribution in [0, 0.1) is 11.6 Å². The minimum atomic E-state index is -4.05. The van der Waals surface area contributed by atoms with Gasteiger partial charge in [0, 0.05) is 13.1 Å². The Morgan fingerprint density at radius 1 is 1.39 bits per heavy atom. The lowest BCUT2D eigenvalue weighted by atomic mass is 10.2. The van der Waals surface area contributed by atoms with Crippen molar-refractivity contribution in [3.63, 3.8) is 0 Å². The maximum Gasteiger partial charge on any atom is 0.246 e. The highest BCUT2D eigenvalue weighted by Gasteiger charge is 2.28. The van der Waals surface area contributed by atoms with Crippen molar-refractivity contribution in [1.82, 2.24) is 4.31 Å². The van der Waals surface area contributed by atoms with Crippen LogP contribution in [0.4, 0.5) is 8.78 Å². The van der Waals surface area contributed by atoms with Crippen LogP contribution in [0.1, 0.15) is 13.3 Å². The van der Waals surface area contributed by atoms with E-state index in [1.165, 1.54) is 7.05 Å². The molecule has 1 aromatic rings. The van der Waals surface area contributed by atoms with Crippen molar-refractivity contribution >= 4 is 10.0 Å². The fraction of sp³-hybridized carbons (Fsp3) is 0.455. The summed E-state index contributed by atoms with van der Waals surface area (Å²) < 4.78 is 51.7. The van der Waals surface area contributed by atoms with Crippen LogP contribution in [0.25, 0.3) is 0 Å². The average Bonchev–Trinajstić information content (AvgIpc) is 2.31. The third-order valence-electron chi connectivity index (χ3n) is 2.76. The monoisotopic (exact) mass is 278 g/mol. The molecule has 102 valence electrons. The minimum Gasteiger partial charge on any atom is -0.330 e. The maximum absolute atomic E-state index is 13.5. The van der Waals surface area contributed by atoms with Gasteiger partial charge in [-0.3, -0.25) is 0 Å². The Hall–Kier alpha value is -1.05. The quantitative estimate of drug-likeness (QED) is 0.883. The van der Waals surface area contributed by atoms with Gasteiger partial charge in [-0.25, -0.2) is 17.2 Å². The molecule has 0 spiro atoms. The topological polar surface area (TPSA) is 63.4 Å². The second-order valence-electron chi connectivity index (χ2n) is 4.02.